The molecule has 0 bridgehead atoms. The second kappa shape index (κ2) is 9.92. The molecule has 7 heteroatoms. The Labute approximate surface area is 157 Å². The van der Waals surface area contributed by atoms with Gasteiger partial charge in [0.25, 0.3) is 0 Å². The molecule has 0 amide bonds. The Morgan fingerprint density at radius 2 is 2.15 bits per heavy atom. The molecule has 1 aromatic heterocycles. The molecule has 0 aliphatic heterocycles. The fraction of sp³-hybridized carbons (Fsp3) is 0.789. The van der Waals surface area contributed by atoms with Gasteiger partial charge in [-0.05, 0) is 58.4 Å². The Morgan fingerprint density at radius 1 is 1.42 bits per heavy atom. The number of rotatable bonds is 10. The van der Waals surface area contributed by atoms with Gasteiger partial charge in [0.2, 0.25) is 0 Å². The summed E-state index contributed by atoms with van der Waals surface area (Å²) in [6.45, 7) is 10.5. The normalized spacial score (nSPS) is 17.2. The number of hydrogen-bond acceptors (Lipinski definition) is 4. The molecule has 1 aromatic rings. The molecule has 7 nitrogen and oxygen atoms in total. The van der Waals surface area contributed by atoms with Crippen molar-refractivity contribution in [1.29, 1.82) is 0 Å². The van der Waals surface area contributed by atoms with E-state index in [1.165, 1.54) is 24.1 Å². The quantitative estimate of drug-likeness (QED) is 0.430. The average molecular weight is 366 g/mol. The van der Waals surface area contributed by atoms with E-state index in [0.29, 0.717) is 19.1 Å². The molecule has 1 aliphatic rings. The van der Waals surface area contributed by atoms with Crippen molar-refractivity contribution < 1.29 is 9.84 Å². The number of nitrogens with zero attached hydrogens (tertiary/aromatic N) is 3. The van der Waals surface area contributed by atoms with E-state index in [-0.39, 0.29) is 6.04 Å². The molecule has 2 atom stereocenters. The summed E-state index contributed by atoms with van der Waals surface area (Å²) in [7, 11) is 1.97. The summed E-state index contributed by atoms with van der Waals surface area (Å²) in [5.74, 6) is 1.44. The van der Waals surface area contributed by atoms with Gasteiger partial charge in [0.15, 0.2) is 5.96 Å². The average Bonchev–Trinajstić information content (AvgIpc) is 3.37. The highest BCUT2D eigenvalue weighted by molar-refractivity contribution is 5.80. The number of ether oxygens (including phenoxy) is 1. The number of hydrogen-bond donors (Lipinski definition) is 3. The molecule has 26 heavy (non-hydrogen) atoms. The smallest absolute Gasteiger partial charge is 0.191 e. The molecular formula is C19H35N5O2. The highest BCUT2D eigenvalue weighted by atomic mass is 16.5. The Morgan fingerprint density at radius 3 is 2.73 bits per heavy atom. The van der Waals surface area contributed by atoms with Crippen LogP contribution in [0.4, 0.5) is 0 Å². The Hall–Kier alpha value is -1.60. The lowest BCUT2D eigenvalue weighted by Gasteiger charge is -2.19. The lowest BCUT2D eigenvalue weighted by molar-refractivity contribution is 0.0368. The van der Waals surface area contributed by atoms with E-state index in [1.807, 2.05) is 25.6 Å². The number of aliphatic hydroxyl groups excluding tert-OH is 1. The standard InChI is InChI=1S/C19H35N5O2/c1-6-20-19(21-10-17(25)12-26-11-16-7-8-16)22-13(2)9-18-14(3)23-24(5)15(18)4/h13,16-17,25H,6-12H2,1-5H3,(H2,20,21,22). The fourth-order valence-electron chi connectivity index (χ4n) is 2.93. The summed E-state index contributed by atoms with van der Waals surface area (Å²) in [6, 6.07) is 0.206. The third-order valence-corrected chi connectivity index (χ3v) is 4.72. The van der Waals surface area contributed by atoms with Gasteiger partial charge in [0.05, 0.1) is 24.9 Å². The highest BCUT2D eigenvalue weighted by Crippen LogP contribution is 2.28. The first kappa shape index (κ1) is 20.7. The largest absolute Gasteiger partial charge is 0.389 e. The minimum absolute atomic E-state index is 0.206. The molecular weight excluding hydrogens is 330 g/mol. The zero-order chi connectivity index (χ0) is 19.1. The van der Waals surface area contributed by atoms with Crippen LogP contribution in [0.3, 0.4) is 0 Å². The molecule has 2 unspecified atom stereocenters. The predicted molar refractivity (Wildman–Crippen MR) is 105 cm³/mol. The van der Waals surface area contributed by atoms with Crippen molar-refractivity contribution in [1.82, 2.24) is 20.4 Å². The van der Waals surface area contributed by atoms with Crippen molar-refractivity contribution in [3.05, 3.63) is 17.0 Å². The summed E-state index contributed by atoms with van der Waals surface area (Å²) < 4.78 is 7.46. The molecule has 1 saturated carbocycles. The number of aliphatic imine (C=N–C) groups is 1. The number of aryl methyl sites for hydroxylation is 2. The van der Waals surface area contributed by atoms with Gasteiger partial charge in [0, 0.05) is 31.9 Å². The van der Waals surface area contributed by atoms with Crippen LogP contribution in [-0.2, 0) is 18.2 Å². The van der Waals surface area contributed by atoms with Crippen molar-refractivity contribution in [3.63, 3.8) is 0 Å². The van der Waals surface area contributed by atoms with Crippen LogP contribution in [0, 0.1) is 19.8 Å². The first-order valence-corrected chi connectivity index (χ1v) is 9.70. The molecule has 1 heterocycles. The van der Waals surface area contributed by atoms with Gasteiger partial charge in [-0.15, -0.1) is 0 Å². The van der Waals surface area contributed by atoms with Gasteiger partial charge >= 0.3 is 0 Å². The number of aliphatic hydroxyl groups is 1. The molecule has 0 spiro atoms. The summed E-state index contributed by atoms with van der Waals surface area (Å²) >= 11 is 0. The number of nitrogens with one attached hydrogen (secondary N) is 2. The van der Waals surface area contributed by atoms with E-state index in [2.05, 4.69) is 34.6 Å². The maximum atomic E-state index is 10.0. The summed E-state index contributed by atoms with van der Waals surface area (Å²) in [6.07, 6.45) is 2.83. The highest BCUT2D eigenvalue weighted by Gasteiger charge is 2.21. The van der Waals surface area contributed by atoms with Gasteiger partial charge in [-0.25, -0.2) is 0 Å². The molecule has 0 aromatic carbocycles. The minimum Gasteiger partial charge on any atom is -0.389 e. The van der Waals surface area contributed by atoms with Gasteiger partial charge in [0.1, 0.15) is 0 Å². The van der Waals surface area contributed by atoms with Gasteiger partial charge in [-0.2, -0.15) is 5.10 Å². The minimum atomic E-state index is -0.567. The van der Waals surface area contributed by atoms with Crippen LogP contribution in [0.25, 0.3) is 0 Å². The first-order valence-electron chi connectivity index (χ1n) is 9.70. The van der Waals surface area contributed by atoms with Crippen molar-refractivity contribution in [3.8, 4) is 0 Å². The molecule has 0 radical (unpaired) electrons. The first-order chi connectivity index (χ1) is 12.4. The van der Waals surface area contributed by atoms with Gasteiger partial charge in [-0.1, -0.05) is 0 Å². The number of aromatic nitrogens is 2. The van der Waals surface area contributed by atoms with Gasteiger partial charge in [-0.3, -0.25) is 9.67 Å². The van der Waals surface area contributed by atoms with Crippen LogP contribution >= 0.6 is 0 Å². The Bertz CT molecular complexity index is 595. The molecule has 3 N–H and O–H groups in total. The summed E-state index contributed by atoms with van der Waals surface area (Å²) in [5, 5.41) is 21.2. The van der Waals surface area contributed by atoms with Crippen molar-refractivity contribution >= 4 is 5.96 Å². The van der Waals surface area contributed by atoms with E-state index in [1.54, 1.807) is 0 Å². The lowest BCUT2D eigenvalue weighted by atomic mass is 10.1. The second-order valence-electron chi connectivity index (χ2n) is 7.38. The second-order valence-corrected chi connectivity index (χ2v) is 7.38. The predicted octanol–water partition coefficient (Wildman–Crippen LogP) is 1.31. The topological polar surface area (TPSA) is 83.7 Å². The van der Waals surface area contributed by atoms with E-state index in [0.717, 1.165) is 31.2 Å². The van der Waals surface area contributed by atoms with E-state index in [4.69, 9.17) is 4.74 Å². The van der Waals surface area contributed by atoms with Crippen LogP contribution in [0.2, 0.25) is 0 Å². The SMILES string of the molecule is CCNC(=NCC(O)COCC1CC1)NC(C)Cc1c(C)nn(C)c1C. The van der Waals surface area contributed by atoms with Gasteiger partial charge < -0.3 is 20.5 Å². The fourth-order valence-corrected chi connectivity index (χ4v) is 2.93. The van der Waals surface area contributed by atoms with Crippen molar-refractivity contribution in [2.24, 2.45) is 18.0 Å². The van der Waals surface area contributed by atoms with E-state index >= 15 is 0 Å². The zero-order valence-corrected chi connectivity index (χ0v) is 16.9. The van der Waals surface area contributed by atoms with Crippen molar-refractivity contribution in [2.45, 2.75) is 59.1 Å². The lowest BCUT2D eigenvalue weighted by Crippen LogP contribution is -2.43. The molecule has 1 fully saturated rings. The zero-order valence-electron chi connectivity index (χ0n) is 16.9. The third kappa shape index (κ3) is 6.61. The van der Waals surface area contributed by atoms with Crippen LogP contribution in [0.15, 0.2) is 4.99 Å². The molecule has 0 saturated heterocycles. The Kier molecular flexibility index (Phi) is 7.90. The molecule has 2 rings (SSSR count). The van der Waals surface area contributed by atoms with E-state index in [9.17, 15) is 5.11 Å². The summed E-state index contributed by atoms with van der Waals surface area (Å²) in [5.41, 5.74) is 3.54. The van der Waals surface area contributed by atoms with Crippen molar-refractivity contribution in [2.75, 3.05) is 26.3 Å². The molecule has 148 valence electrons. The van der Waals surface area contributed by atoms with Crippen LogP contribution in [0.5, 0.6) is 0 Å². The number of guanidine groups is 1. The third-order valence-electron chi connectivity index (χ3n) is 4.72. The Balaban J connectivity index is 1.82. The van der Waals surface area contributed by atoms with Crippen LogP contribution in [0.1, 0.15) is 43.6 Å². The van der Waals surface area contributed by atoms with Crippen LogP contribution < -0.4 is 10.6 Å². The maximum Gasteiger partial charge on any atom is 0.191 e. The van der Waals surface area contributed by atoms with Crippen LogP contribution in [-0.4, -0.2) is 59.3 Å². The molecule has 1 aliphatic carbocycles. The maximum absolute atomic E-state index is 10.0. The van der Waals surface area contributed by atoms with E-state index < -0.39 is 6.10 Å². The monoisotopic (exact) mass is 365 g/mol. The summed E-state index contributed by atoms with van der Waals surface area (Å²) in [4.78, 5) is 4.50.